The lowest BCUT2D eigenvalue weighted by Gasteiger charge is -1.99. The minimum atomic E-state index is 0. The van der Waals surface area contributed by atoms with Gasteiger partial charge in [-0.05, 0) is 19.3 Å². The summed E-state index contributed by atoms with van der Waals surface area (Å²) in [5.74, 6) is 0.0446. The molecule has 0 saturated heterocycles. The second kappa shape index (κ2) is 4.06. The van der Waals surface area contributed by atoms with Gasteiger partial charge >= 0.3 is 0 Å². The molecule has 3 heteroatoms. The Hall–Kier alpha value is -0.830. The van der Waals surface area contributed by atoms with E-state index in [2.05, 4.69) is 11.4 Å². The number of rotatable bonds is 1. The molecule has 0 aromatic rings. The summed E-state index contributed by atoms with van der Waals surface area (Å²) in [5, 5.41) is 2.76. The van der Waals surface area contributed by atoms with Crippen LogP contribution in [0.1, 0.15) is 26.2 Å². The van der Waals surface area contributed by atoms with Gasteiger partial charge in [0.25, 0.3) is 0 Å². The van der Waals surface area contributed by atoms with E-state index in [1.165, 1.54) is 6.42 Å². The first-order valence-corrected chi connectivity index (χ1v) is 3.25. The van der Waals surface area contributed by atoms with Crippen LogP contribution in [0.2, 0.25) is 0 Å². The zero-order chi connectivity index (χ0) is 6.69. The Morgan fingerprint density at radius 1 is 1.70 bits per heavy atom. The summed E-state index contributed by atoms with van der Waals surface area (Å²) in [4.78, 5) is 10.4. The number of carbonyl (C=O) groups is 1. The third-order valence-electron chi connectivity index (χ3n) is 1.38. The Labute approximate surface area is 61.1 Å². The Morgan fingerprint density at radius 2 is 2.40 bits per heavy atom. The first-order valence-electron chi connectivity index (χ1n) is 3.25. The predicted octanol–water partition coefficient (Wildman–Crippen LogP) is 1.35. The summed E-state index contributed by atoms with van der Waals surface area (Å²) in [6, 6.07) is 0. The van der Waals surface area contributed by atoms with Crippen molar-refractivity contribution in [1.29, 1.82) is 0 Å². The van der Waals surface area contributed by atoms with Crippen molar-refractivity contribution < 1.29 is 4.79 Å². The van der Waals surface area contributed by atoms with Crippen molar-refractivity contribution in [2.24, 2.45) is 0 Å². The van der Waals surface area contributed by atoms with Crippen LogP contribution in [0, 0.1) is 0 Å². The Bertz CT molecular complexity index is 152. The van der Waals surface area contributed by atoms with E-state index in [1.807, 2.05) is 0 Å². The van der Waals surface area contributed by atoms with E-state index < -0.39 is 0 Å². The number of hydrogen-bond acceptors (Lipinski definition) is 2. The molecule has 0 radical (unpaired) electrons. The molecule has 1 rings (SSSR count). The topological polar surface area (TPSA) is 64.1 Å². The van der Waals surface area contributed by atoms with Gasteiger partial charge in [-0.15, -0.1) is 0 Å². The normalized spacial score (nSPS) is 15.5. The first kappa shape index (κ1) is 9.17. The van der Waals surface area contributed by atoms with Crippen molar-refractivity contribution in [3.63, 3.8) is 0 Å². The molecule has 10 heavy (non-hydrogen) atoms. The van der Waals surface area contributed by atoms with Crippen LogP contribution in [0.25, 0.3) is 0 Å². The zero-order valence-electron chi connectivity index (χ0n) is 6.31. The van der Waals surface area contributed by atoms with E-state index in [4.69, 9.17) is 0 Å². The lowest BCUT2D eigenvalue weighted by Crippen LogP contribution is -2.17. The van der Waals surface area contributed by atoms with E-state index in [0.29, 0.717) is 0 Å². The summed E-state index contributed by atoms with van der Waals surface area (Å²) >= 11 is 0. The summed E-state index contributed by atoms with van der Waals surface area (Å²) in [5.41, 5.74) is 1.10. The van der Waals surface area contributed by atoms with Crippen molar-refractivity contribution in [3.05, 3.63) is 11.8 Å². The van der Waals surface area contributed by atoms with Crippen molar-refractivity contribution in [3.8, 4) is 0 Å². The van der Waals surface area contributed by atoms with Gasteiger partial charge in [0.1, 0.15) is 0 Å². The largest absolute Gasteiger partial charge is 0.344 e. The van der Waals surface area contributed by atoms with E-state index in [9.17, 15) is 4.79 Å². The number of carbonyl (C=O) groups excluding carboxylic acids is 1. The van der Waals surface area contributed by atoms with E-state index in [-0.39, 0.29) is 12.1 Å². The third-order valence-corrected chi connectivity index (χ3v) is 1.38. The summed E-state index contributed by atoms with van der Waals surface area (Å²) in [6.45, 7) is 1.54. The van der Waals surface area contributed by atoms with Crippen molar-refractivity contribution in [2.45, 2.75) is 26.2 Å². The number of amides is 1. The standard InChI is InChI=1S/C7H11NO.H3N/c1-6(9)8-7-4-2-3-5-7;/h4H,2-3,5H2,1H3,(H,8,9);1H3. The Morgan fingerprint density at radius 3 is 2.80 bits per heavy atom. The van der Waals surface area contributed by atoms with Crippen molar-refractivity contribution in [2.75, 3.05) is 0 Å². The number of hydrogen-bond donors (Lipinski definition) is 2. The quantitative estimate of drug-likeness (QED) is 0.580. The summed E-state index contributed by atoms with van der Waals surface area (Å²) in [7, 11) is 0. The Balaban J connectivity index is 0.000000810. The highest BCUT2D eigenvalue weighted by Crippen LogP contribution is 2.13. The van der Waals surface area contributed by atoms with Crippen molar-refractivity contribution in [1.82, 2.24) is 11.5 Å². The van der Waals surface area contributed by atoms with Crippen molar-refractivity contribution >= 4 is 5.91 Å². The summed E-state index contributed by atoms with van der Waals surface area (Å²) in [6.07, 6.45) is 5.44. The molecule has 4 N–H and O–H groups in total. The fraction of sp³-hybridized carbons (Fsp3) is 0.571. The molecule has 1 aliphatic rings. The van der Waals surface area contributed by atoms with Gasteiger partial charge in [0.15, 0.2) is 0 Å². The molecule has 0 saturated carbocycles. The molecule has 0 heterocycles. The highest BCUT2D eigenvalue weighted by atomic mass is 16.1. The van der Waals surface area contributed by atoms with Gasteiger partial charge in [0.2, 0.25) is 5.91 Å². The van der Waals surface area contributed by atoms with Gasteiger partial charge < -0.3 is 11.5 Å². The molecule has 58 valence electrons. The van der Waals surface area contributed by atoms with Gasteiger partial charge in [0, 0.05) is 12.6 Å². The highest BCUT2D eigenvalue weighted by molar-refractivity contribution is 5.74. The minimum Gasteiger partial charge on any atom is -0.344 e. The van der Waals surface area contributed by atoms with Crippen LogP contribution in [0.15, 0.2) is 11.8 Å². The maximum Gasteiger partial charge on any atom is 0.220 e. The third kappa shape index (κ3) is 2.64. The Kier molecular flexibility index (Phi) is 3.72. The zero-order valence-corrected chi connectivity index (χ0v) is 6.31. The number of nitrogens with one attached hydrogen (secondary N) is 1. The van der Waals surface area contributed by atoms with Crippen LogP contribution in [-0.2, 0) is 4.79 Å². The fourth-order valence-corrected chi connectivity index (χ4v) is 1.01. The molecule has 0 bridgehead atoms. The lowest BCUT2D eigenvalue weighted by molar-refractivity contribution is -0.118. The molecule has 0 atom stereocenters. The first-order chi connectivity index (χ1) is 4.29. The predicted molar refractivity (Wildman–Crippen MR) is 40.8 cm³/mol. The van der Waals surface area contributed by atoms with Crippen LogP contribution < -0.4 is 11.5 Å². The molecule has 0 unspecified atom stereocenters. The van der Waals surface area contributed by atoms with Gasteiger partial charge in [0.05, 0.1) is 0 Å². The van der Waals surface area contributed by atoms with Crippen LogP contribution >= 0.6 is 0 Å². The molecule has 0 spiro atoms. The van der Waals surface area contributed by atoms with Gasteiger partial charge in [-0.2, -0.15) is 0 Å². The lowest BCUT2D eigenvalue weighted by atomic mass is 10.3. The molecule has 0 aromatic carbocycles. The van der Waals surface area contributed by atoms with Gasteiger partial charge in [-0.1, -0.05) is 6.08 Å². The van der Waals surface area contributed by atoms with Crippen LogP contribution in [-0.4, -0.2) is 5.91 Å². The minimum absolute atomic E-state index is 0. The maximum atomic E-state index is 10.4. The highest BCUT2D eigenvalue weighted by Gasteiger charge is 2.03. The molecule has 0 aromatic heterocycles. The molecule has 1 amide bonds. The average Bonchev–Trinajstić information content (AvgIpc) is 2.15. The second-order valence-corrected chi connectivity index (χ2v) is 2.30. The van der Waals surface area contributed by atoms with E-state index in [0.717, 1.165) is 18.5 Å². The monoisotopic (exact) mass is 142 g/mol. The van der Waals surface area contributed by atoms with E-state index in [1.54, 1.807) is 6.92 Å². The van der Waals surface area contributed by atoms with Crippen LogP contribution in [0.3, 0.4) is 0 Å². The molecular formula is C7H14N2O. The summed E-state index contributed by atoms with van der Waals surface area (Å²) < 4.78 is 0. The SMILES string of the molecule is CC(=O)NC1=CCCC1.N. The van der Waals surface area contributed by atoms with E-state index >= 15 is 0 Å². The van der Waals surface area contributed by atoms with Crippen LogP contribution in [0.5, 0.6) is 0 Å². The second-order valence-electron chi connectivity index (χ2n) is 2.30. The van der Waals surface area contributed by atoms with Gasteiger partial charge in [-0.25, -0.2) is 0 Å². The molecule has 0 fully saturated rings. The van der Waals surface area contributed by atoms with Gasteiger partial charge in [-0.3, -0.25) is 4.79 Å². The molecule has 0 aliphatic heterocycles. The smallest absolute Gasteiger partial charge is 0.220 e. The fourth-order valence-electron chi connectivity index (χ4n) is 1.01. The molecule has 1 aliphatic carbocycles. The molecular weight excluding hydrogens is 128 g/mol. The average molecular weight is 142 g/mol. The number of allylic oxidation sites excluding steroid dienone is 2. The maximum absolute atomic E-state index is 10.4. The molecule has 3 nitrogen and oxygen atoms in total. The van der Waals surface area contributed by atoms with Crippen LogP contribution in [0.4, 0.5) is 0 Å².